The van der Waals surface area contributed by atoms with Crippen LogP contribution in [0.5, 0.6) is 0 Å². The lowest BCUT2D eigenvalue weighted by Gasteiger charge is -2.27. The Balaban J connectivity index is 1.54. The van der Waals surface area contributed by atoms with E-state index in [1.165, 1.54) is 0 Å². The Morgan fingerprint density at radius 2 is 2.26 bits per heavy atom. The number of halogens is 1. The van der Waals surface area contributed by atoms with Crippen molar-refractivity contribution in [1.29, 1.82) is 0 Å². The van der Waals surface area contributed by atoms with E-state index in [-0.39, 0.29) is 24.0 Å². The molecule has 0 saturated heterocycles. The highest BCUT2D eigenvalue weighted by molar-refractivity contribution is 6.31. The first-order valence-electron chi connectivity index (χ1n) is 7.80. The second kappa shape index (κ2) is 5.11. The van der Waals surface area contributed by atoms with Crippen LogP contribution >= 0.6 is 11.6 Å². The summed E-state index contributed by atoms with van der Waals surface area (Å²) in [6, 6.07) is 3.73. The molecule has 4 atom stereocenters. The summed E-state index contributed by atoms with van der Waals surface area (Å²) in [6.45, 7) is 2.14. The Hall–Kier alpha value is -1.79. The highest BCUT2D eigenvalue weighted by Gasteiger charge is 2.62. The van der Waals surface area contributed by atoms with Crippen LogP contribution in [0.1, 0.15) is 25.3 Å². The van der Waals surface area contributed by atoms with Crippen molar-refractivity contribution in [2.45, 2.75) is 31.4 Å². The molecule has 1 aromatic carbocycles. The number of nitrogens with one attached hydrogen (secondary N) is 2. The average Bonchev–Trinajstić information content (AvgIpc) is 2.90. The van der Waals surface area contributed by atoms with E-state index in [1.807, 2.05) is 6.07 Å². The van der Waals surface area contributed by atoms with E-state index in [4.69, 9.17) is 16.3 Å². The highest BCUT2D eigenvalue weighted by Crippen LogP contribution is 2.60. The van der Waals surface area contributed by atoms with Gasteiger partial charge in [0, 0.05) is 16.5 Å². The normalized spacial score (nSPS) is 31.9. The third kappa shape index (κ3) is 2.37. The van der Waals surface area contributed by atoms with Crippen LogP contribution in [0.15, 0.2) is 18.3 Å². The predicted octanol–water partition coefficient (Wildman–Crippen LogP) is 2.56. The van der Waals surface area contributed by atoms with Crippen LogP contribution < -0.4 is 5.32 Å². The van der Waals surface area contributed by atoms with Crippen LogP contribution in [0.2, 0.25) is 5.02 Å². The lowest BCUT2D eigenvalue weighted by Crippen LogP contribution is -2.33. The minimum Gasteiger partial charge on any atom is -0.450 e. The molecule has 1 heterocycles. The smallest absolute Gasteiger partial charge is 0.407 e. The summed E-state index contributed by atoms with van der Waals surface area (Å²) in [5.41, 5.74) is 0.716. The first-order chi connectivity index (χ1) is 11.0. The number of aromatic amines is 1. The molecular formula is C16H18ClN3O3. The number of H-pyrrole nitrogens is 1. The number of amides is 1. The molecule has 6 nitrogen and oxygen atoms in total. The number of nitrogens with zero attached hydrogens (tertiary/aromatic N) is 1. The Kier molecular flexibility index (Phi) is 3.28. The summed E-state index contributed by atoms with van der Waals surface area (Å²) < 4.78 is 4.92. The van der Waals surface area contributed by atoms with Gasteiger partial charge in [-0.3, -0.25) is 5.10 Å². The van der Waals surface area contributed by atoms with Crippen LogP contribution in [0.4, 0.5) is 4.79 Å². The molecule has 4 rings (SSSR count). The monoisotopic (exact) mass is 335 g/mol. The number of carbonyl (C=O) groups is 1. The number of fused-ring (bicyclic) bond motifs is 2. The fraction of sp³-hybridized carbons (Fsp3) is 0.500. The van der Waals surface area contributed by atoms with Gasteiger partial charge in [0.2, 0.25) is 0 Å². The van der Waals surface area contributed by atoms with Crippen molar-refractivity contribution in [2.24, 2.45) is 11.8 Å². The van der Waals surface area contributed by atoms with E-state index in [9.17, 15) is 9.90 Å². The molecule has 2 aliphatic rings. The van der Waals surface area contributed by atoms with Crippen LogP contribution in [0, 0.1) is 11.8 Å². The van der Waals surface area contributed by atoms with E-state index in [0.717, 1.165) is 16.5 Å². The van der Waals surface area contributed by atoms with Crippen LogP contribution in [-0.2, 0) is 10.3 Å². The van der Waals surface area contributed by atoms with E-state index in [0.29, 0.717) is 24.5 Å². The van der Waals surface area contributed by atoms with Gasteiger partial charge in [-0.2, -0.15) is 5.10 Å². The SMILES string of the molecule is CCOC(=O)NC1[C@H]2CC(O)(c3cc(Cl)cc4[nH]ncc34)C[C@@H]12. The van der Waals surface area contributed by atoms with Crippen LogP contribution in [-0.4, -0.2) is 34.0 Å². The maximum absolute atomic E-state index is 11.5. The summed E-state index contributed by atoms with van der Waals surface area (Å²) in [5, 5.41) is 22.4. The van der Waals surface area contributed by atoms with Gasteiger partial charge in [0.1, 0.15) is 0 Å². The largest absolute Gasteiger partial charge is 0.450 e. The van der Waals surface area contributed by atoms with E-state index in [1.54, 1.807) is 19.2 Å². The fourth-order valence-corrected chi connectivity index (χ4v) is 4.23. The minimum atomic E-state index is -0.921. The van der Waals surface area contributed by atoms with Gasteiger partial charge in [-0.05, 0) is 49.3 Å². The second-order valence-electron chi connectivity index (χ2n) is 6.44. The minimum absolute atomic E-state index is 0.105. The molecule has 2 aromatic rings. The van der Waals surface area contributed by atoms with Gasteiger partial charge < -0.3 is 15.2 Å². The van der Waals surface area contributed by atoms with Gasteiger partial charge in [0.25, 0.3) is 0 Å². The average molecular weight is 336 g/mol. The third-order valence-electron chi connectivity index (χ3n) is 5.06. The Bertz CT molecular complexity index is 763. The third-order valence-corrected chi connectivity index (χ3v) is 5.28. The van der Waals surface area contributed by atoms with Gasteiger partial charge in [-0.1, -0.05) is 11.6 Å². The maximum atomic E-state index is 11.5. The first-order valence-corrected chi connectivity index (χ1v) is 8.18. The standard InChI is InChI=1S/C16H18ClN3O3/c1-2-23-15(21)19-14-9-5-16(22,6-10(9)14)12-3-8(17)4-13-11(12)7-18-20-13/h3-4,7,9-10,14,22H,2,5-6H2,1H3,(H,18,20)(H,19,21)/t9-,10+,14?,16?. The lowest BCUT2D eigenvalue weighted by atomic mass is 9.86. The molecule has 0 radical (unpaired) electrons. The molecule has 0 aliphatic heterocycles. The molecule has 23 heavy (non-hydrogen) atoms. The number of ether oxygens (including phenoxy) is 1. The number of hydrogen-bond acceptors (Lipinski definition) is 4. The van der Waals surface area contributed by atoms with E-state index < -0.39 is 5.60 Å². The quantitative estimate of drug-likeness (QED) is 0.804. The number of carbonyl (C=O) groups excluding carboxylic acids is 1. The zero-order chi connectivity index (χ0) is 16.2. The topological polar surface area (TPSA) is 87.2 Å². The number of benzene rings is 1. The Labute approximate surface area is 138 Å². The number of rotatable bonds is 3. The molecule has 122 valence electrons. The maximum Gasteiger partial charge on any atom is 0.407 e. The predicted molar refractivity (Wildman–Crippen MR) is 85.2 cm³/mol. The molecule has 2 aliphatic carbocycles. The van der Waals surface area contributed by atoms with Crippen LogP contribution in [0.25, 0.3) is 10.9 Å². The molecule has 2 fully saturated rings. The van der Waals surface area contributed by atoms with Gasteiger partial charge in [-0.25, -0.2) is 4.79 Å². The Morgan fingerprint density at radius 3 is 2.96 bits per heavy atom. The summed E-state index contributed by atoms with van der Waals surface area (Å²) in [4.78, 5) is 11.5. The van der Waals surface area contributed by atoms with Gasteiger partial charge in [-0.15, -0.1) is 0 Å². The highest BCUT2D eigenvalue weighted by atomic mass is 35.5. The molecule has 0 bridgehead atoms. The number of hydrogen-bond donors (Lipinski definition) is 3. The summed E-state index contributed by atoms with van der Waals surface area (Å²) in [6.07, 6.45) is 2.55. The molecule has 2 unspecified atom stereocenters. The van der Waals surface area contributed by atoms with Crippen molar-refractivity contribution in [2.75, 3.05) is 6.61 Å². The number of alkyl carbamates (subject to hydrolysis) is 1. The Morgan fingerprint density at radius 1 is 1.52 bits per heavy atom. The van der Waals surface area contributed by atoms with Crippen molar-refractivity contribution in [3.63, 3.8) is 0 Å². The molecule has 1 aromatic heterocycles. The zero-order valence-corrected chi connectivity index (χ0v) is 13.4. The van der Waals surface area contributed by atoms with Crippen molar-refractivity contribution < 1.29 is 14.6 Å². The summed E-state index contributed by atoms with van der Waals surface area (Å²) in [5.74, 6) is 0.565. The van der Waals surface area contributed by atoms with Crippen molar-refractivity contribution in [3.05, 3.63) is 28.9 Å². The van der Waals surface area contributed by atoms with Crippen LogP contribution in [0.3, 0.4) is 0 Å². The van der Waals surface area contributed by atoms with E-state index >= 15 is 0 Å². The molecule has 0 spiro atoms. The van der Waals surface area contributed by atoms with E-state index in [2.05, 4.69) is 15.5 Å². The zero-order valence-electron chi connectivity index (χ0n) is 12.7. The first kappa shape index (κ1) is 14.8. The fourth-order valence-electron chi connectivity index (χ4n) is 4.01. The van der Waals surface area contributed by atoms with Gasteiger partial charge >= 0.3 is 6.09 Å². The second-order valence-corrected chi connectivity index (χ2v) is 6.88. The van der Waals surface area contributed by atoms with Crippen molar-refractivity contribution in [1.82, 2.24) is 15.5 Å². The molecule has 1 amide bonds. The molecule has 2 saturated carbocycles. The summed E-state index contributed by atoms with van der Waals surface area (Å²) in [7, 11) is 0. The lowest BCUT2D eigenvalue weighted by molar-refractivity contribution is 0.0292. The van der Waals surface area contributed by atoms with Crippen molar-refractivity contribution >= 4 is 28.6 Å². The van der Waals surface area contributed by atoms with Gasteiger partial charge in [0.15, 0.2) is 0 Å². The number of aliphatic hydroxyl groups is 1. The molecule has 3 N–H and O–H groups in total. The summed E-state index contributed by atoms with van der Waals surface area (Å²) >= 11 is 6.17. The van der Waals surface area contributed by atoms with Gasteiger partial charge in [0.05, 0.1) is 23.9 Å². The van der Waals surface area contributed by atoms with Crippen molar-refractivity contribution in [3.8, 4) is 0 Å². The number of aromatic nitrogens is 2. The molecular weight excluding hydrogens is 318 g/mol. The molecule has 7 heteroatoms.